The highest BCUT2D eigenvalue weighted by Crippen LogP contribution is 2.42. The third-order valence-electron chi connectivity index (χ3n) is 4.51. The lowest BCUT2D eigenvalue weighted by Gasteiger charge is -2.16. The maximum atomic E-state index is 12.5. The van der Waals surface area contributed by atoms with Crippen molar-refractivity contribution in [2.45, 2.75) is 18.4 Å². The van der Waals surface area contributed by atoms with Crippen molar-refractivity contribution in [3.63, 3.8) is 0 Å². The molecule has 7 heteroatoms. The van der Waals surface area contributed by atoms with Gasteiger partial charge in [-0.3, -0.25) is 9.59 Å². The molecule has 0 atom stereocenters. The molecule has 0 aliphatic carbocycles. The predicted octanol–water partition coefficient (Wildman–Crippen LogP) is 4.95. The van der Waals surface area contributed by atoms with E-state index in [1.165, 1.54) is 6.92 Å². The van der Waals surface area contributed by atoms with Gasteiger partial charge in [0.15, 0.2) is 0 Å². The van der Waals surface area contributed by atoms with E-state index >= 15 is 0 Å². The number of halogens is 1. The van der Waals surface area contributed by atoms with Gasteiger partial charge in [0.05, 0.1) is 11.9 Å². The first-order valence-corrected chi connectivity index (χ1v) is 10.7. The quantitative estimate of drug-likeness (QED) is 0.548. The van der Waals surface area contributed by atoms with Crippen LogP contribution in [0.15, 0.2) is 59.8 Å². The van der Waals surface area contributed by atoms with E-state index in [9.17, 15) is 9.59 Å². The number of nitrogens with zero attached hydrogens (tertiary/aromatic N) is 1. The molecule has 0 radical (unpaired) electrons. The Kier molecular flexibility index (Phi) is 5.28. The maximum Gasteiger partial charge on any atom is 0.237 e. The number of H-pyrrole nitrogens is 1. The summed E-state index contributed by atoms with van der Waals surface area (Å²) in [5, 5.41) is 4.10. The molecule has 0 spiro atoms. The number of nitrogens with one attached hydrogen (secondary N) is 2. The number of fused-ring (bicyclic) bond motifs is 2. The lowest BCUT2D eigenvalue weighted by Crippen LogP contribution is -2.26. The number of thioether (sulfide) groups is 1. The molecule has 1 aromatic heterocycles. The Bertz CT molecular complexity index is 1110. The third kappa shape index (κ3) is 3.72. The number of aromatic nitrogens is 1. The van der Waals surface area contributed by atoms with Gasteiger partial charge < -0.3 is 15.2 Å². The van der Waals surface area contributed by atoms with Crippen LogP contribution >= 0.6 is 27.7 Å². The lowest BCUT2D eigenvalue weighted by atomic mass is 10.1. The second-order valence-corrected chi connectivity index (χ2v) is 8.15. The van der Waals surface area contributed by atoms with Crippen LogP contribution in [0.1, 0.15) is 18.1 Å². The second kappa shape index (κ2) is 7.85. The summed E-state index contributed by atoms with van der Waals surface area (Å²) in [5.74, 6) is -0.101. The van der Waals surface area contributed by atoms with Crippen LogP contribution in [-0.2, 0) is 16.1 Å². The van der Waals surface area contributed by atoms with Crippen LogP contribution in [0.2, 0.25) is 0 Å². The molecule has 2 aromatic carbocycles. The van der Waals surface area contributed by atoms with Crippen LogP contribution in [0.5, 0.6) is 0 Å². The van der Waals surface area contributed by atoms with E-state index in [2.05, 4.69) is 38.4 Å². The zero-order valence-corrected chi connectivity index (χ0v) is 17.6. The van der Waals surface area contributed by atoms with E-state index in [1.54, 1.807) is 16.7 Å². The number of carbonyl (C=O) groups is 2. The first kappa shape index (κ1) is 18.8. The summed E-state index contributed by atoms with van der Waals surface area (Å²) >= 11 is 4.93. The Labute approximate surface area is 175 Å². The van der Waals surface area contributed by atoms with Crippen molar-refractivity contribution in [1.29, 1.82) is 0 Å². The highest BCUT2D eigenvalue weighted by Gasteiger charge is 2.21. The maximum absolute atomic E-state index is 12.5. The standard InChI is InChI=1S/C21H18BrN3O2S/c1-13(26)24-15-6-7-18-16(8-15)17(10-23-18)20-12-25(21(27)9-22)11-14-4-2-3-5-19(14)28-20/h2-8,10,12,23H,9,11H2,1H3,(H,24,26). The van der Waals surface area contributed by atoms with Gasteiger partial charge in [-0.05, 0) is 29.8 Å². The normalized spacial score (nSPS) is 13.6. The van der Waals surface area contributed by atoms with Crippen LogP contribution in [0.4, 0.5) is 5.69 Å². The predicted molar refractivity (Wildman–Crippen MR) is 117 cm³/mol. The van der Waals surface area contributed by atoms with Gasteiger partial charge in [0.1, 0.15) is 0 Å². The Hall–Kier alpha value is -2.51. The fourth-order valence-corrected chi connectivity index (χ4v) is 4.64. The van der Waals surface area contributed by atoms with Crippen molar-refractivity contribution in [1.82, 2.24) is 9.88 Å². The number of hydrogen-bond donors (Lipinski definition) is 2. The molecule has 28 heavy (non-hydrogen) atoms. The highest BCUT2D eigenvalue weighted by atomic mass is 79.9. The minimum Gasteiger partial charge on any atom is -0.361 e. The monoisotopic (exact) mass is 455 g/mol. The largest absolute Gasteiger partial charge is 0.361 e. The summed E-state index contributed by atoms with van der Waals surface area (Å²) in [4.78, 5) is 31.0. The van der Waals surface area contributed by atoms with Gasteiger partial charge in [-0.2, -0.15) is 0 Å². The Balaban J connectivity index is 1.82. The number of rotatable bonds is 3. The molecule has 2 heterocycles. The molecule has 0 saturated heterocycles. The molecule has 0 fully saturated rings. The molecule has 1 aliphatic heterocycles. The van der Waals surface area contributed by atoms with Gasteiger partial charge in [-0.15, -0.1) is 0 Å². The average molecular weight is 456 g/mol. The number of alkyl halides is 1. The summed E-state index contributed by atoms with van der Waals surface area (Å²) < 4.78 is 0. The van der Waals surface area contributed by atoms with Crippen LogP contribution in [0.25, 0.3) is 15.8 Å². The Morgan fingerprint density at radius 2 is 2.07 bits per heavy atom. The molecule has 4 rings (SSSR count). The van der Waals surface area contributed by atoms with Crippen molar-refractivity contribution in [2.24, 2.45) is 0 Å². The molecule has 3 aromatic rings. The third-order valence-corrected chi connectivity index (χ3v) is 6.15. The van der Waals surface area contributed by atoms with E-state index in [0.29, 0.717) is 6.54 Å². The molecule has 0 unspecified atom stereocenters. The van der Waals surface area contributed by atoms with Crippen molar-refractivity contribution in [3.05, 3.63) is 66.0 Å². The number of hydrogen-bond acceptors (Lipinski definition) is 3. The fourth-order valence-electron chi connectivity index (χ4n) is 3.22. The minimum atomic E-state index is -0.109. The van der Waals surface area contributed by atoms with E-state index in [1.807, 2.05) is 42.7 Å². The highest BCUT2D eigenvalue weighted by molar-refractivity contribution is 9.09. The molecule has 2 N–H and O–H groups in total. The van der Waals surface area contributed by atoms with Gasteiger partial charge >= 0.3 is 0 Å². The van der Waals surface area contributed by atoms with E-state index in [0.717, 1.165) is 37.5 Å². The van der Waals surface area contributed by atoms with Crippen molar-refractivity contribution in [2.75, 3.05) is 10.6 Å². The van der Waals surface area contributed by atoms with Crippen molar-refractivity contribution >= 4 is 61.0 Å². The van der Waals surface area contributed by atoms with E-state index in [-0.39, 0.29) is 17.1 Å². The van der Waals surface area contributed by atoms with Crippen LogP contribution in [0.3, 0.4) is 0 Å². The zero-order chi connectivity index (χ0) is 19.7. The van der Waals surface area contributed by atoms with Gasteiger partial charge in [0.2, 0.25) is 11.8 Å². The molecule has 0 saturated carbocycles. The number of carbonyl (C=O) groups excluding carboxylic acids is 2. The van der Waals surface area contributed by atoms with Gasteiger partial charge in [0.25, 0.3) is 0 Å². The van der Waals surface area contributed by atoms with Crippen LogP contribution in [0, 0.1) is 0 Å². The summed E-state index contributed by atoms with van der Waals surface area (Å²) in [5.41, 5.74) is 3.83. The lowest BCUT2D eigenvalue weighted by molar-refractivity contribution is -0.126. The summed E-state index contributed by atoms with van der Waals surface area (Å²) in [6.07, 6.45) is 3.87. The minimum absolute atomic E-state index is 0.00794. The molecule has 5 nitrogen and oxygen atoms in total. The summed E-state index contributed by atoms with van der Waals surface area (Å²) in [6, 6.07) is 13.9. The van der Waals surface area contributed by atoms with Crippen LogP contribution in [-0.4, -0.2) is 27.0 Å². The Morgan fingerprint density at radius 3 is 2.86 bits per heavy atom. The number of benzene rings is 2. The van der Waals surface area contributed by atoms with Crippen molar-refractivity contribution < 1.29 is 9.59 Å². The number of amides is 2. The molecule has 2 amide bonds. The second-order valence-electron chi connectivity index (χ2n) is 6.50. The molecule has 142 valence electrons. The summed E-state index contributed by atoms with van der Waals surface area (Å²) in [7, 11) is 0. The number of aromatic amines is 1. The Morgan fingerprint density at radius 1 is 1.25 bits per heavy atom. The molecule has 1 aliphatic rings. The van der Waals surface area contributed by atoms with Gasteiger partial charge in [-0.1, -0.05) is 45.9 Å². The summed E-state index contributed by atoms with van der Waals surface area (Å²) in [6.45, 7) is 2.03. The van der Waals surface area contributed by atoms with Crippen molar-refractivity contribution in [3.8, 4) is 0 Å². The first-order chi connectivity index (χ1) is 13.5. The number of anilines is 1. The topological polar surface area (TPSA) is 65.2 Å². The average Bonchev–Trinajstić information content (AvgIpc) is 2.99. The van der Waals surface area contributed by atoms with Crippen LogP contribution < -0.4 is 5.32 Å². The zero-order valence-electron chi connectivity index (χ0n) is 15.2. The fraction of sp³-hybridized carbons (Fsp3) is 0.143. The van der Waals surface area contributed by atoms with Gasteiger partial charge in [-0.25, -0.2) is 0 Å². The van der Waals surface area contributed by atoms with Gasteiger partial charge in [0, 0.05) is 51.3 Å². The first-order valence-electron chi connectivity index (χ1n) is 8.77. The SMILES string of the molecule is CC(=O)Nc1ccc2[nH]cc(C3=CN(C(=O)CBr)Cc4ccccc4S3)c2c1. The molecular weight excluding hydrogens is 438 g/mol. The smallest absolute Gasteiger partial charge is 0.237 e. The van der Waals surface area contributed by atoms with E-state index in [4.69, 9.17) is 0 Å². The molecule has 0 bridgehead atoms. The van der Waals surface area contributed by atoms with E-state index < -0.39 is 0 Å². The molecular formula is C21H18BrN3O2S.